The Bertz CT molecular complexity index is 835. The van der Waals surface area contributed by atoms with Crippen molar-refractivity contribution in [1.29, 1.82) is 0 Å². The minimum absolute atomic E-state index is 0.138. The van der Waals surface area contributed by atoms with E-state index in [9.17, 15) is 4.79 Å². The summed E-state index contributed by atoms with van der Waals surface area (Å²) in [6.45, 7) is 2.09. The molecule has 2 N–H and O–H groups in total. The minimum atomic E-state index is -0.319. The lowest BCUT2D eigenvalue weighted by Gasteiger charge is -2.41. The second kappa shape index (κ2) is 6.69. The summed E-state index contributed by atoms with van der Waals surface area (Å²) in [5.74, 6) is 0.138. The van der Waals surface area contributed by atoms with Crippen molar-refractivity contribution in [3.05, 3.63) is 72.2 Å². The van der Waals surface area contributed by atoms with Crippen LogP contribution in [0.3, 0.4) is 0 Å². The molecule has 1 amide bonds. The van der Waals surface area contributed by atoms with Crippen LogP contribution >= 0.6 is 0 Å². The van der Waals surface area contributed by atoms with Gasteiger partial charge in [0.25, 0.3) is 0 Å². The molecule has 1 aliphatic rings. The topological polar surface area (TPSA) is 58.4 Å². The van der Waals surface area contributed by atoms with Crippen LogP contribution < -0.4 is 10.6 Å². The largest absolute Gasteiger partial charge is 0.355 e. The predicted octanol–water partition coefficient (Wildman–Crippen LogP) is 1.83. The van der Waals surface area contributed by atoms with E-state index in [2.05, 4.69) is 27.8 Å². The van der Waals surface area contributed by atoms with E-state index < -0.39 is 0 Å². The number of nitrogens with one attached hydrogen (secondary N) is 2. The molecule has 0 spiro atoms. The molecular formula is C20H22N4O. The van der Waals surface area contributed by atoms with Gasteiger partial charge in [-0.1, -0.05) is 36.4 Å². The predicted molar refractivity (Wildman–Crippen MR) is 97.4 cm³/mol. The van der Waals surface area contributed by atoms with Crippen molar-refractivity contribution >= 4 is 11.6 Å². The first-order valence-electron chi connectivity index (χ1n) is 8.71. The molecule has 0 aliphatic carbocycles. The highest BCUT2D eigenvalue weighted by Crippen LogP contribution is 2.28. The molecule has 1 saturated heterocycles. The molecule has 1 aliphatic heterocycles. The van der Waals surface area contributed by atoms with E-state index in [1.165, 1.54) is 5.56 Å². The third kappa shape index (κ3) is 3.28. The molecule has 2 aromatic heterocycles. The van der Waals surface area contributed by atoms with Crippen LogP contribution in [0.1, 0.15) is 11.3 Å². The van der Waals surface area contributed by atoms with Gasteiger partial charge in [-0.05, 0) is 24.1 Å². The first kappa shape index (κ1) is 15.8. The molecule has 0 bridgehead atoms. The molecule has 4 rings (SSSR count). The monoisotopic (exact) mass is 334 g/mol. The highest BCUT2D eigenvalue weighted by Gasteiger charge is 2.43. The summed E-state index contributed by atoms with van der Waals surface area (Å²) < 4.78 is 2.00. The van der Waals surface area contributed by atoms with Crippen molar-refractivity contribution in [3.8, 4) is 0 Å². The molecule has 0 unspecified atom stereocenters. The molecule has 5 nitrogen and oxygen atoms in total. The Balaban J connectivity index is 1.36. The Morgan fingerprint density at radius 1 is 1.16 bits per heavy atom. The van der Waals surface area contributed by atoms with Gasteiger partial charge >= 0.3 is 0 Å². The molecule has 3 aromatic rings. The van der Waals surface area contributed by atoms with Crippen LogP contribution in [0.25, 0.3) is 5.65 Å². The van der Waals surface area contributed by atoms with Crippen molar-refractivity contribution in [1.82, 2.24) is 20.0 Å². The van der Waals surface area contributed by atoms with Gasteiger partial charge in [0, 0.05) is 38.4 Å². The van der Waals surface area contributed by atoms with Gasteiger partial charge in [0.05, 0.1) is 11.1 Å². The Labute approximate surface area is 147 Å². The normalized spacial score (nSPS) is 15.7. The SMILES string of the molecule is O=C(NCCc1cn2ccccc2n1)C1(Cc2ccccc2)CNC1. The van der Waals surface area contributed by atoms with Crippen molar-refractivity contribution in [2.24, 2.45) is 5.41 Å². The number of hydrogen-bond acceptors (Lipinski definition) is 3. The molecule has 128 valence electrons. The second-order valence-corrected chi connectivity index (χ2v) is 6.75. The number of pyridine rings is 1. The van der Waals surface area contributed by atoms with Crippen molar-refractivity contribution in [2.45, 2.75) is 12.8 Å². The summed E-state index contributed by atoms with van der Waals surface area (Å²) in [4.78, 5) is 17.3. The standard InChI is InChI=1S/C20H22N4O/c25-19(20(14-21-15-20)12-16-6-2-1-3-7-16)22-10-9-17-13-24-11-5-4-8-18(24)23-17/h1-8,11,13,21H,9-10,12,14-15H2,(H,22,25). The summed E-state index contributed by atoms with van der Waals surface area (Å²) in [6, 6.07) is 16.2. The molecule has 0 radical (unpaired) electrons. The number of carbonyl (C=O) groups is 1. The van der Waals surface area contributed by atoms with Gasteiger partial charge in [-0.3, -0.25) is 4.79 Å². The average molecular weight is 334 g/mol. The molecule has 1 fully saturated rings. The molecule has 5 heteroatoms. The van der Waals surface area contributed by atoms with Crippen LogP contribution in [-0.2, 0) is 17.6 Å². The summed E-state index contributed by atoms with van der Waals surface area (Å²) in [5, 5.41) is 6.36. The fourth-order valence-corrected chi connectivity index (χ4v) is 3.38. The molecule has 3 heterocycles. The summed E-state index contributed by atoms with van der Waals surface area (Å²) in [7, 11) is 0. The highest BCUT2D eigenvalue weighted by atomic mass is 16.2. The number of nitrogens with zero attached hydrogens (tertiary/aromatic N) is 2. The van der Waals surface area contributed by atoms with Crippen molar-refractivity contribution < 1.29 is 4.79 Å². The lowest BCUT2D eigenvalue weighted by molar-refractivity contribution is -0.133. The van der Waals surface area contributed by atoms with E-state index in [-0.39, 0.29) is 11.3 Å². The number of amides is 1. The third-order valence-corrected chi connectivity index (χ3v) is 4.87. The maximum Gasteiger partial charge on any atom is 0.229 e. The fraction of sp³-hybridized carbons (Fsp3) is 0.300. The van der Waals surface area contributed by atoms with E-state index in [4.69, 9.17) is 0 Å². The number of hydrogen-bond donors (Lipinski definition) is 2. The van der Waals surface area contributed by atoms with Gasteiger partial charge in [0.2, 0.25) is 5.91 Å². The van der Waals surface area contributed by atoms with Gasteiger partial charge in [-0.25, -0.2) is 4.98 Å². The second-order valence-electron chi connectivity index (χ2n) is 6.75. The number of rotatable bonds is 6. The van der Waals surface area contributed by atoms with Crippen LogP contribution in [0.4, 0.5) is 0 Å². The number of aromatic nitrogens is 2. The Morgan fingerprint density at radius 3 is 2.68 bits per heavy atom. The molecule has 0 atom stereocenters. The van der Waals surface area contributed by atoms with Crippen LogP contribution in [0.15, 0.2) is 60.9 Å². The fourth-order valence-electron chi connectivity index (χ4n) is 3.38. The Kier molecular flexibility index (Phi) is 4.24. The zero-order valence-corrected chi connectivity index (χ0v) is 14.1. The zero-order chi connectivity index (χ0) is 17.1. The zero-order valence-electron chi connectivity index (χ0n) is 14.1. The number of benzene rings is 1. The van der Waals surface area contributed by atoms with E-state index in [1.54, 1.807) is 0 Å². The number of fused-ring (bicyclic) bond motifs is 1. The van der Waals surface area contributed by atoms with Gasteiger partial charge in [0.1, 0.15) is 5.65 Å². The van der Waals surface area contributed by atoms with E-state index in [0.717, 1.165) is 37.3 Å². The number of carbonyl (C=O) groups excluding carboxylic acids is 1. The van der Waals surface area contributed by atoms with Crippen LogP contribution in [0.5, 0.6) is 0 Å². The molecule has 25 heavy (non-hydrogen) atoms. The Hall–Kier alpha value is -2.66. The number of imidazole rings is 1. The first-order valence-corrected chi connectivity index (χ1v) is 8.71. The first-order chi connectivity index (χ1) is 12.3. The van der Waals surface area contributed by atoms with Crippen LogP contribution in [0.2, 0.25) is 0 Å². The summed E-state index contributed by atoms with van der Waals surface area (Å²) >= 11 is 0. The van der Waals surface area contributed by atoms with E-state index in [1.807, 2.05) is 53.2 Å². The average Bonchev–Trinajstić information content (AvgIpc) is 3.01. The molecule has 0 saturated carbocycles. The maximum atomic E-state index is 12.7. The molecular weight excluding hydrogens is 312 g/mol. The van der Waals surface area contributed by atoms with Crippen LogP contribution in [-0.4, -0.2) is 34.9 Å². The van der Waals surface area contributed by atoms with Crippen LogP contribution in [0, 0.1) is 5.41 Å². The lowest BCUT2D eigenvalue weighted by Crippen LogP contribution is -2.62. The van der Waals surface area contributed by atoms with Gasteiger partial charge in [-0.15, -0.1) is 0 Å². The highest BCUT2D eigenvalue weighted by molar-refractivity contribution is 5.84. The van der Waals surface area contributed by atoms with E-state index in [0.29, 0.717) is 6.54 Å². The maximum absolute atomic E-state index is 12.7. The van der Waals surface area contributed by atoms with Gasteiger partial charge in [-0.2, -0.15) is 0 Å². The third-order valence-electron chi connectivity index (χ3n) is 4.87. The Morgan fingerprint density at radius 2 is 1.96 bits per heavy atom. The smallest absolute Gasteiger partial charge is 0.229 e. The van der Waals surface area contributed by atoms with Gasteiger partial charge < -0.3 is 15.0 Å². The van der Waals surface area contributed by atoms with Gasteiger partial charge in [0.15, 0.2) is 0 Å². The lowest BCUT2D eigenvalue weighted by atomic mass is 9.75. The van der Waals surface area contributed by atoms with Crippen molar-refractivity contribution in [2.75, 3.05) is 19.6 Å². The summed E-state index contributed by atoms with van der Waals surface area (Å²) in [5.41, 5.74) is 2.82. The summed E-state index contributed by atoms with van der Waals surface area (Å²) in [6.07, 6.45) is 5.52. The molecule has 1 aromatic carbocycles. The van der Waals surface area contributed by atoms with E-state index >= 15 is 0 Å². The van der Waals surface area contributed by atoms with Crippen molar-refractivity contribution in [3.63, 3.8) is 0 Å². The quantitative estimate of drug-likeness (QED) is 0.723. The minimum Gasteiger partial charge on any atom is -0.355 e.